The molecule has 2 fully saturated rings. The van der Waals surface area contributed by atoms with Crippen molar-refractivity contribution in [3.8, 4) is 0 Å². The number of unbranched alkanes of at least 4 members (excludes halogenated alkanes) is 3. The first-order valence-corrected chi connectivity index (χ1v) is 8.72. The van der Waals surface area contributed by atoms with E-state index in [1.807, 2.05) is 0 Å². The third-order valence-corrected chi connectivity index (χ3v) is 4.76. The molecule has 4 heteroatoms. The molecule has 0 spiro atoms. The molecule has 2 rings (SSSR count). The first-order chi connectivity index (χ1) is 10.2. The van der Waals surface area contributed by atoms with Crippen LogP contribution in [0.25, 0.3) is 0 Å². The zero-order valence-corrected chi connectivity index (χ0v) is 13.1. The molecule has 1 saturated heterocycles. The highest BCUT2D eigenvalue weighted by molar-refractivity contribution is 5.80. The first-order valence-electron chi connectivity index (χ1n) is 8.72. The van der Waals surface area contributed by atoms with Crippen molar-refractivity contribution in [2.24, 2.45) is 0 Å². The van der Waals surface area contributed by atoms with Crippen LogP contribution in [0.4, 0.5) is 0 Å². The highest BCUT2D eigenvalue weighted by Gasteiger charge is 2.51. The van der Waals surface area contributed by atoms with E-state index in [0.717, 1.165) is 32.3 Å². The van der Waals surface area contributed by atoms with Crippen molar-refractivity contribution in [3.63, 3.8) is 0 Å². The van der Waals surface area contributed by atoms with Crippen LogP contribution in [0.5, 0.6) is 0 Å². The topological polar surface area (TPSA) is 59.1 Å². The second kappa shape index (κ2) is 8.74. The van der Waals surface area contributed by atoms with Crippen molar-refractivity contribution in [2.75, 3.05) is 13.2 Å². The monoisotopic (exact) mass is 298 g/mol. The van der Waals surface area contributed by atoms with Crippen molar-refractivity contribution < 1.29 is 19.4 Å². The lowest BCUT2D eigenvalue weighted by Gasteiger charge is -2.20. The number of carboxylic acid groups (broad SMARTS) is 1. The Morgan fingerprint density at radius 1 is 1.05 bits per heavy atom. The largest absolute Gasteiger partial charge is 0.479 e. The van der Waals surface area contributed by atoms with Crippen molar-refractivity contribution >= 4 is 5.97 Å². The summed E-state index contributed by atoms with van der Waals surface area (Å²) in [6.07, 6.45) is 14.6. The van der Waals surface area contributed by atoms with Crippen LogP contribution in [0, 0.1) is 0 Å². The molecular weight excluding hydrogens is 268 g/mol. The maximum absolute atomic E-state index is 10.9. The summed E-state index contributed by atoms with van der Waals surface area (Å²) in [5.41, 5.74) is -0.824. The smallest absolute Gasteiger partial charge is 0.338 e. The summed E-state index contributed by atoms with van der Waals surface area (Å²) in [7, 11) is 0. The maximum atomic E-state index is 10.9. The molecule has 1 aliphatic heterocycles. The lowest BCUT2D eigenvalue weighted by molar-refractivity contribution is -0.143. The Morgan fingerprint density at radius 2 is 1.67 bits per heavy atom. The Hall–Kier alpha value is -0.610. The van der Waals surface area contributed by atoms with Gasteiger partial charge in [-0.3, -0.25) is 0 Å². The fourth-order valence-electron chi connectivity index (χ4n) is 3.16. The number of carbonyl (C=O) groups is 1. The third-order valence-electron chi connectivity index (χ3n) is 4.76. The van der Waals surface area contributed by atoms with Gasteiger partial charge in [-0.1, -0.05) is 44.9 Å². The van der Waals surface area contributed by atoms with Crippen molar-refractivity contribution in [3.05, 3.63) is 0 Å². The molecule has 0 aromatic heterocycles. The normalized spacial score (nSPS) is 27.0. The van der Waals surface area contributed by atoms with Gasteiger partial charge in [-0.15, -0.1) is 0 Å². The highest BCUT2D eigenvalue weighted by atomic mass is 16.6. The quantitative estimate of drug-likeness (QED) is 0.518. The summed E-state index contributed by atoms with van der Waals surface area (Å²) < 4.78 is 11.1. The summed E-state index contributed by atoms with van der Waals surface area (Å²) in [5, 5.41) is 8.99. The van der Waals surface area contributed by atoms with Crippen LogP contribution in [0.3, 0.4) is 0 Å². The second-order valence-electron chi connectivity index (χ2n) is 6.59. The molecule has 0 aromatic carbocycles. The van der Waals surface area contributed by atoms with Crippen LogP contribution in [-0.4, -0.2) is 36.0 Å². The van der Waals surface area contributed by atoms with Gasteiger partial charge in [0.05, 0.1) is 12.7 Å². The van der Waals surface area contributed by atoms with Crippen LogP contribution >= 0.6 is 0 Å². The molecule has 1 N–H and O–H groups in total. The fourth-order valence-corrected chi connectivity index (χ4v) is 3.16. The Bertz CT molecular complexity index is 304. The van der Waals surface area contributed by atoms with Gasteiger partial charge in [0, 0.05) is 6.61 Å². The summed E-state index contributed by atoms with van der Waals surface area (Å²) in [5.74, 6) is -0.796. The van der Waals surface area contributed by atoms with E-state index in [0.29, 0.717) is 19.1 Å². The number of carboxylic acids is 1. The van der Waals surface area contributed by atoms with E-state index in [1.165, 1.54) is 44.9 Å². The molecule has 0 radical (unpaired) electrons. The highest BCUT2D eigenvalue weighted by Crippen LogP contribution is 2.33. The van der Waals surface area contributed by atoms with E-state index in [-0.39, 0.29) is 0 Å². The van der Waals surface area contributed by atoms with Gasteiger partial charge in [-0.05, 0) is 32.1 Å². The molecular formula is C17H30O4. The average molecular weight is 298 g/mol. The predicted octanol–water partition coefficient (Wildman–Crippen LogP) is 3.92. The van der Waals surface area contributed by atoms with Crippen molar-refractivity contribution in [1.82, 2.24) is 0 Å². The molecule has 0 aromatic rings. The van der Waals surface area contributed by atoms with Crippen LogP contribution in [0.2, 0.25) is 0 Å². The first kappa shape index (κ1) is 16.8. The van der Waals surface area contributed by atoms with Gasteiger partial charge in [0.25, 0.3) is 0 Å². The van der Waals surface area contributed by atoms with Gasteiger partial charge in [0.15, 0.2) is 5.60 Å². The third kappa shape index (κ3) is 5.95. The van der Waals surface area contributed by atoms with Gasteiger partial charge < -0.3 is 14.6 Å². The zero-order valence-electron chi connectivity index (χ0n) is 13.1. The van der Waals surface area contributed by atoms with E-state index >= 15 is 0 Å². The minimum atomic E-state index is -0.824. The SMILES string of the molecule is O=C(O)C1(CCCCCCOC2CCCCCCC2)CO1. The lowest BCUT2D eigenvalue weighted by atomic mass is 9.98. The number of hydrogen-bond donors (Lipinski definition) is 1. The number of rotatable bonds is 9. The van der Waals surface area contributed by atoms with Crippen LogP contribution in [-0.2, 0) is 14.3 Å². The lowest BCUT2D eigenvalue weighted by Crippen LogP contribution is -2.23. The number of hydrogen-bond acceptors (Lipinski definition) is 3. The van der Waals surface area contributed by atoms with Gasteiger partial charge in [-0.25, -0.2) is 4.79 Å². The van der Waals surface area contributed by atoms with E-state index < -0.39 is 11.6 Å². The second-order valence-corrected chi connectivity index (χ2v) is 6.59. The van der Waals surface area contributed by atoms with Crippen molar-refractivity contribution in [2.45, 2.75) is 88.8 Å². The molecule has 4 nitrogen and oxygen atoms in total. The Balaban J connectivity index is 1.43. The summed E-state index contributed by atoms with van der Waals surface area (Å²) >= 11 is 0. The molecule has 21 heavy (non-hydrogen) atoms. The molecule has 1 saturated carbocycles. The van der Waals surface area contributed by atoms with E-state index in [1.54, 1.807) is 0 Å². The Kier molecular flexibility index (Phi) is 6.97. The molecule has 0 bridgehead atoms. The van der Waals surface area contributed by atoms with Gasteiger partial charge in [0.1, 0.15) is 0 Å². The molecule has 122 valence electrons. The molecule has 1 heterocycles. The average Bonchev–Trinajstić information content (AvgIpc) is 3.20. The number of epoxide rings is 1. The van der Waals surface area contributed by atoms with Crippen LogP contribution < -0.4 is 0 Å². The summed E-state index contributed by atoms with van der Waals surface area (Å²) in [4.78, 5) is 10.9. The van der Waals surface area contributed by atoms with Crippen LogP contribution in [0.15, 0.2) is 0 Å². The van der Waals surface area contributed by atoms with Crippen LogP contribution in [0.1, 0.15) is 77.0 Å². The summed E-state index contributed by atoms with van der Waals surface area (Å²) in [6.45, 7) is 1.26. The van der Waals surface area contributed by atoms with E-state index in [9.17, 15) is 4.79 Å². The molecule has 1 aliphatic carbocycles. The molecule has 1 unspecified atom stereocenters. The maximum Gasteiger partial charge on any atom is 0.338 e. The molecule has 1 atom stereocenters. The number of ether oxygens (including phenoxy) is 2. The standard InChI is InChI=1S/C17H30O4/c18-16(19)17(14-21-17)12-8-4-5-9-13-20-15-10-6-2-1-3-7-11-15/h15H,1-14H2,(H,18,19). The molecule has 2 aliphatic rings. The van der Waals surface area contributed by atoms with Gasteiger partial charge >= 0.3 is 5.97 Å². The van der Waals surface area contributed by atoms with Gasteiger partial charge in [-0.2, -0.15) is 0 Å². The van der Waals surface area contributed by atoms with Crippen molar-refractivity contribution in [1.29, 1.82) is 0 Å². The Labute approximate surface area is 128 Å². The minimum absolute atomic E-state index is 0.396. The van der Waals surface area contributed by atoms with E-state index in [2.05, 4.69) is 0 Å². The Morgan fingerprint density at radius 3 is 2.29 bits per heavy atom. The molecule has 0 amide bonds. The fraction of sp³-hybridized carbons (Fsp3) is 0.941. The van der Waals surface area contributed by atoms with E-state index in [4.69, 9.17) is 14.6 Å². The predicted molar refractivity (Wildman–Crippen MR) is 81.5 cm³/mol. The number of aliphatic carboxylic acids is 1. The van der Waals surface area contributed by atoms with Gasteiger partial charge in [0.2, 0.25) is 0 Å². The zero-order chi connectivity index (χ0) is 15.0. The minimum Gasteiger partial charge on any atom is -0.479 e. The summed E-state index contributed by atoms with van der Waals surface area (Å²) in [6, 6.07) is 0.